The Morgan fingerprint density at radius 3 is 2.61 bits per heavy atom. The topological polar surface area (TPSA) is 188 Å². The molecular formula is C10H16N8O4S. The number of nitrogens with one attached hydrogen (secondary N) is 3. The Hall–Kier alpha value is -2.44. The number of benzene rings is 1. The van der Waals surface area contributed by atoms with Gasteiger partial charge in [0.15, 0.2) is 0 Å². The van der Waals surface area contributed by atoms with E-state index in [1.54, 1.807) is 0 Å². The van der Waals surface area contributed by atoms with Gasteiger partial charge >= 0.3 is 0 Å². The Labute approximate surface area is 132 Å². The molecule has 1 aromatic rings. The summed E-state index contributed by atoms with van der Waals surface area (Å²) >= 11 is 0. The number of nitrogens with zero attached hydrogens (tertiary/aromatic N) is 4. The summed E-state index contributed by atoms with van der Waals surface area (Å²) in [6, 6.07) is 3.90. The van der Waals surface area contributed by atoms with Gasteiger partial charge < -0.3 is 11.1 Å². The lowest BCUT2D eigenvalue weighted by Crippen LogP contribution is -2.40. The third-order valence-electron chi connectivity index (χ3n) is 2.51. The summed E-state index contributed by atoms with van der Waals surface area (Å²) in [5.74, 6) is 0. The number of azide groups is 1. The maximum atomic E-state index is 11.4. The molecule has 0 saturated heterocycles. The molecule has 0 fully saturated rings. The van der Waals surface area contributed by atoms with Crippen LogP contribution in [-0.4, -0.2) is 39.5 Å². The highest BCUT2D eigenvalue weighted by molar-refractivity contribution is 7.87. The lowest BCUT2D eigenvalue weighted by molar-refractivity contribution is -0.383. The summed E-state index contributed by atoms with van der Waals surface area (Å²) in [6.45, 7) is 0.401. The van der Waals surface area contributed by atoms with Crippen molar-refractivity contribution in [2.45, 2.75) is 0 Å². The van der Waals surface area contributed by atoms with Crippen molar-refractivity contribution in [1.82, 2.24) is 9.44 Å². The molecule has 126 valence electrons. The van der Waals surface area contributed by atoms with Gasteiger partial charge in [0, 0.05) is 42.8 Å². The van der Waals surface area contributed by atoms with Crippen molar-refractivity contribution in [3.8, 4) is 0 Å². The highest BCUT2D eigenvalue weighted by atomic mass is 32.2. The Bertz CT molecular complexity index is 701. The van der Waals surface area contributed by atoms with Gasteiger partial charge in [-0.1, -0.05) is 11.2 Å². The minimum Gasteiger partial charge on any atom is -0.378 e. The van der Waals surface area contributed by atoms with Crippen molar-refractivity contribution in [1.29, 1.82) is 0 Å². The van der Waals surface area contributed by atoms with Gasteiger partial charge in [-0.2, -0.15) is 8.42 Å². The second-order valence-electron chi connectivity index (χ2n) is 4.16. The zero-order valence-corrected chi connectivity index (χ0v) is 12.8. The Morgan fingerprint density at radius 1 is 1.30 bits per heavy atom. The monoisotopic (exact) mass is 344 g/mol. The maximum absolute atomic E-state index is 11.4. The number of nitro groups is 1. The first-order valence-electron chi connectivity index (χ1n) is 6.41. The summed E-state index contributed by atoms with van der Waals surface area (Å²) in [4.78, 5) is 12.9. The fraction of sp³-hybridized carbons (Fsp3) is 0.400. The quantitative estimate of drug-likeness (QED) is 0.118. The van der Waals surface area contributed by atoms with Gasteiger partial charge in [-0.05, 0) is 11.6 Å². The van der Waals surface area contributed by atoms with E-state index >= 15 is 0 Å². The highest BCUT2D eigenvalue weighted by Crippen LogP contribution is 2.29. The number of anilines is 1. The van der Waals surface area contributed by atoms with E-state index in [4.69, 9.17) is 11.3 Å². The molecule has 0 heterocycles. The van der Waals surface area contributed by atoms with Crippen LogP contribution in [0.15, 0.2) is 23.3 Å². The zero-order chi connectivity index (χ0) is 17.3. The fourth-order valence-electron chi connectivity index (χ4n) is 1.56. The summed E-state index contributed by atoms with van der Waals surface area (Å²) in [6.07, 6.45) is 0. The molecular weight excluding hydrogens is 328 g/mol. The molecule has 23 heavy (non-hydrogen) atoms. The molecule has 1 rings (SSSR count). The molecule has 0 aliphatic heterocycles. The van der Waals surface area contributed by atoms with Crippen molar-refractivity contribution >= 4 is 27.3 Å². The molecule has 0 bridgehead atoms. The number of nitrogens with two attached hydrogens (primary N) is 1. The number of hydrogen-bond acceptors (Lipinski definition) is 7. The molecule has 0 radical (unpaired) electrons. The second kappa shape index (κ2) is 8.87. The molecule has 0 spiro atoms. The van der Waals surface area contributed by atoms with Crippen molar-refractivity contribution in [2.24, 2.45) is 10.8 Å². The minimum atomic E-state index is -3.65. The molecule has 0 unspecified atom stereocenters. The van der Waals surface area contributed by atoms with Gasteiger partial charge in [-0.25, -0.2) is 9.44 Å². The third kappa shape index (κ3) is 6.46. The Balaban J connectivity index is 2.64. The average Bonchev–Trinajstić information content (AvgIpc) is 2.50. The lowest BCUT2D eigenvalue weighted by atomic mass is 10.2. The van der Waals surface area contributed by atoms with Crippen LogP contribution in [0.25, 0.3) is 10.4 Å². The summed E-state index contributed by atoms with van der Waals surface area (Å²) in [5, 5.41) is 17.0. The van der Waals surface area contributed by atoms with Crippen LogP contribution in [0.4, 0.5) is 17.1 Å². The van der Waals surface area contributed by atoms with Crippen LogP contribution in [-0.2, 0) is 10.2 Å². The smallest absolute Gasteiger partial charge is 0.292 e. The first-order chi connectivity index (χ1) is 10.9. The number of nitro benzene ring substituents is 1. The molecule has 13 heteroatoms. The van der Waals surface area contributed by atoms with E-state index in [0.29, 0.717) is 0 Å². The molecule has 0 aromatic heterocycles. The molecule has 5 N–H and O–H groups in total. The third-order valence-corrected chi connectivity index (χ3v) is 3.68. The lowest BCUT2D eigenvalue weighted by Gasteiger charge is -2.09. The minimum absolute atomic E-state index is 0.00909. The predicted molar refractivity (Wildman–Crippen MR) is 84.4 cm³/mol. The van der Waals surface area contributed by atoms with Crippen molar-refractivity contribution < 1.29 is 13.3 Å². The van der Waals surface area contributed by atoms with Crippen LogP contribution in [0.1, 0.15) is 0 Å². The van der Waals surface area contributed by atoms with Crippen molar-refractivity contribution in [2.75, 3.05) is 31.5 Å². The van der Waals surface area contributed by atoms with E-state index in [2.05, 4.69) is 24.8 Å². The van der Waals surface area contributed by atoms with Gasteiger partial charge in [-0.3, -0.25) is 10.1 Å². The van der Waals surface area contributed by atoms with Crippen molar-refractivity contribution in [3.05, 3.63) is 38.8 Å². The highest BCUT2D eigenvalue weighted by Gasteiger charge is 2.14. The first kappa shape index (κ1) is 18.6. The predicted octanol–water partition coefficient (Wildman–Crippen LogP) is 0.331. The molecule has 1 aromatic carbocycles. The number of hydrogen-bond donors (Lipinski definition) is 4. The Kier molecular flexibility index (Phi) is 7.18. The molecule has 0 saturated carbocycles. The van der Waals surface area contributed by atoms with E-state index < -0.39 is 15.1 Å². The zero-order valence-electron chi connectivity index (χ0n) is 12.0. The van der Waals surface area contributed by atoms with E-state index in [0.717, 1.165) is 6.07 Å². The molecule has 12 nitrogen and oxygen atoms in total. The van der Waals surface area contributed by atoms with E-state index in [9.17, 15) is 18.5 Å². The van der Waals surface area contributed by atoms with Gasteiger partial charge in [0.2, 0.25) is 0 Å². The average molecular weight is 344 g/mol. The van der Waals surface area contributed by atoms with Crippen molar-refractivity contribution in [3.63, 3.8) is 0 Å². The van der Waals surface area contributed by atoms with E-state index in [1.165, 1.54) is 12.1 Å². The van der Waals surface area contributed by atoms with Crippen LogP contribution in [0.2, 0.25) is 0 Å². The summed E-state index contributed by atoms with van der Waals surface area (Å²) < 4.78 is 27.3. The summed E-state index contributed by atoms with van der Waals surface area (Å²) in [5.41, 5.74) is 13.5. The van der Waals surface area contributed by atoms with Crippen LogP contribution in [0.3, 0.4) is 0 Å². The first-order valence-corrected chi connectivity index (χ1v) is 7.89. The second-order valence-corrected chi connectivity index (χ2v) is 5.74. The molecule has 0 aliphatic carbocycles. The van der Waals surface area contributed by atoms with Gasteiger partial charge in [-0.15, -0.1) is 0 Å². The molecule has 0 amide bonds. The maximum Gasteiger partial charge on any atom is 0.292 e. The summed E-state index contributed by atoms with van der Waals surface area (Å²) in [7, 11) is -3.65. The normalized spacial score (nSPS) is 10.8. The molecule has 0 atom stereocenters. The Morgan fingerprint density at radius 2 is 2.00 bits per heavy atom. The standard InChI is InChI=1S/C10H16N8O4S/c11-3-4-14-23(21,22)15-6-5-13-9-2-1-8(16-17-12)7-10(9)18(19)20/h1-2,7,13-15H,3-6,11H2. The van der Waals surface area contributed by atoms with Gasteiger partial charge in [0.05, 0.1) is 4.92 Å². The number of rotatable bonds is 10. The van der Waals surface area contributed by atoms with E-state index in [-0.39, 0.29) is 43.2 Å². The van der Waals surface area contributed by atoms with Crippen LogP contribution in [0, 0.1) is 10.1 Å². The van der Waals surface area contributed by atoms with Gasteiger partial charge in [0.1, 0.15) is 5.69 Å². The van der Waals surface area contributed by atoms with Crippen LogP contribution >= 0.6 is 0 Å². The van der Waals surface area contributed by atoms with Gasteiger partial charge in [0.25, 0.3) is 15.9 Å². The SMILES string of the molecule is [N-]=[N+]=Nc1ccc(NCCNS(=O)(=O)NCCN)c([N+](=O)[O-])c1. The van der Waals surface area contributed by atoms with Crippen LogP contribution in [0.5, 0.6) is 0 Å². The van der Waals surface area contributed by atoms with Crippen LogP contribution < -0.4 is 20.5 Å². The largest absolute Gasteiger partial charge is 0.378 e. The molecule has 0 aliphatic rings. The van der Waals surface area contributed by atoms with E-state index in [1.807, 2.05) is 0 Å². The fourth-order valence-corrected chi connectivity index (χ4v) is 2.42.